The second-order valence-corrected chi connectivity index (χ2v) is 3.26. The molecule has 1 rings (SSSR count). The summed E-state index contributed by atoms with van der Waals surface area (Å²) in [5.74, 6) is -5.55. The van der Waals surface area contributed by atoms with Crippen molar-refractivity contribution in [2.24, 2.45) is 0 Å². The van der Waals surface area contributed by atoms with E-state index in [1.165, 1.54) is 0 Å². The van der Waals surface area contributed by atoms with E-state index in [-0.39, 0.29) is 5.56 Å². The maximum atomic E-state index is 13.3. The molecule has 0 radical (unpaired) electrons. The molecule has 0 bridgehead atoms. The molecule has 18 heavy (non-hydrogen) atoms. The Balaban J connectivity index is 3.23. The van der Waals surface area contributed by atoms with Crippen molar-refractivity contribution in [3.63, 3.8) is 0 Å². The van der Waals surface area contributed by atoms with Gasteiger partial charge in [-0.15, -0.1) is 0 Å². The van der Waals surface area contributed by atoms with Crippen LogP contribution in [-0.2, 0) is 14.3 Å². The van der Waals surface area contributed by atoms with E-state index in [9.17, 15) is 24.1 Å². The molecule has 0 spiro atoms. The van der Waals surface area contributed by atoms with Crippen LogP contribution in [0.1, 0.15) is 11.5 Å². The molecule has 1 unspecified atom stereocenters. The van der Waals surface area contributed by atoms with Crippen molar-refractivity contribution in [2.75, 3.05) is 7.11 Å². The van der Waals surface area contributed by atoms with Crippen LogP contribution in [0.5, 0.6) is 0 Å². The fraction of sp³-hybridized carbons (Fsp3) is 0.200. The van der Waals surface area contributed by atoms with Crippen molar-refractivity contribution in [1.29, 1.82) is 0 Å². The summed E-state index contributed by atoms with van der Waals surface area (Å²) in [6.45, 7) is 0. The fourth-order valence-corrected chi connectivity index (χ4v) is 1.35. The highest BCUT2D eigenvalue weighted by Crippen LogP contribution is 2.24. The van der Waals surface area contributed by atoms with E-state index < -0.39 is 34.3 Å². The number of hydrogen-bond acceptors (Lipinski definition) is 5. The number of carbonyl (C=O) groups excluding carboxylic acids is 1. The number of nitrogens with zero attached hydrogens (tertiary/aromatic N) is 1. The van der Waals surface area contributed by atoms with Crippen LogP contribution in [0.3, 0.4) is 0 Å². The first kappa shape index (κ1) is 13.6. The van der Waals surface area contributed by atoms with Crippen molar-refractivity contribution < 1.29 is 28.7 Å². The molecule has 8 heteroatoms. The van der Waals surface area contributed by atoms with Gasteiger partial charge in [-0.1, -0.05) is 6.07 Å². The zero-order chi connectivity index (χ0) is 13.9. The first-order valence-electron chi connectivity index (χ1n) is 4.63. The van der Waals surface area contributed by atoms with Crippen LogP contribution in [0, 0.1) is 15.9 Å². The Morgan fingerprint density at radius 1 is 1.50 bits per heavy atom. The average Bonchev–Trinajstić information content (AvgIpc) is 2.28. The second-order valence-electron chi connectivity index (χ2n) is 3.26. The Kier molecular flexibility index (Phi) is 3.93. The highest BCUT2D eigenvalue weighted by Gasteiger charge is 2.30. The summed E-state index contributed by atoms with van der Waals surface area (Å²) in [4.78, 5) is 31.5. The highest BCUT2D eigenvalue weighted by molar-refractivity contribution is 5.99. The number of aliphatic carboxylic acids is 1. The number of rotatable bonds is 4. The number of nitro benzene ring substituents is 1. The zero-order valence-electron chi connectivity index (χ0n) is 9.12. The van der Waals surface area contributed by atoms with E-state index in [4.69, 9.17) is 5.11 Å². The summed E-state index contributed by atoms with van der Waals surface area (Å²) >= 11 is 0. The monoisotopic (exact) mass is 257 g/mol. The second kappa shape index (κ2) is 5.21. The SMILES string of the molecule is COC(=O)C(C(=O)O)c1ccc([N+](=O)[O-])c(F)c1. The maximum absolute atomic E-state index is 13.3. The van der Waals surface area contributed by atoms with Gasteiger partial charge in [0.25, 0.3) is 0 Å². The molecule has 7 nitrogen and oxygen atoms in total. The van der Waals surface area contributed by atoms with Crippen LogP contribution in [0.2, 0.25) is 0 Å². The Morgan fingerprint density at radius 3 is 2.50 bits per heavy atom. The smallest absolute Gasteiger partial charge is 0.324 e. The van der Waals surface area contributed by atoms with Gasteiger partial charge in [0.05, 0.1) is 12.0 Å². The van der Waals surface area contributed by atoms with Gasteiger partial charge in [0.2, 0.25) is 5.82 Å². The molecule has 0 heterocycles. The minimum Gasteiger partial charge on any atom is -0.480 e. The number of ether oxygens (including phenoxy) is 1. The van der Waals surface area contributed by atoms with E-state index in [0.29, 0.717) is 6.07 Å². The van der Waals surface area contributed by atoms with Gasteiger partial charge in [-0.2, -0.15) is 4.39 Å². The zero-order valence-corrected chi connectivity index (χ0v) is 9.12. The van der Waals surface area contributed by atoms with Crippen LogP contribution in [0.4, 0.5) is 10.1 Å². The number of carboxylic acid groups (broad SMARTS) is 1. The van der Waals surface area contributed by atoms with Crippen LogP contribution in [0.25, 0.3) is 0 Å². The van der Waals surface area contributed by atoms with Crippen LogP contribution in [0.15, 0.2) is 18.2 Å². The summed E-state index contributed by atoms with van der Waals surface area (Å²) in [7, 11) is 0.986. The van der Waals surface area contributed by atoms with Gasteiger partial charge in [-0.25, -0.2) is 0 Å². The molecule has 96 valence electrons. The van der Waals surface area contributed by atoms with Crippen molar-refractivity contribution in [1.82, 2.24) is 0 Å². The topological polar surface area (TPSA) is 107 Å². The molecule has 0 saturated carbocycles. The number of nitro groups is 1. The van der Waals surface area contributed by atoms with Gasteiger partial charge in [0.15, 0.2) is 5.92 Å². The molecule has 0 saturated heterocycles. The average molecular weight is 257 g/mol. The maximum Gasteiger partial charge on any atom is 0.324 e. The van der Waals surface area contributed by atoms with E-state index in [2.05, 4.69) is 4.74 Å². The van der Waals surface area contributed by atoms with Gasteiger partial charge in [-0.05, 0) is 11.6 Å². The molecule has 0 aliphatic rings. The Hall–Kier alpha value is -2.51. The van der Waals surface area contributed by atoms with Crippen molar-refractivity contribution in [3.8, 4) is 0 Å². The quantitative estimate of drug-likeness (QED) is 0.374. The molecule has 1 atom stereocenters. The third-order valence-electron chi connectivity index (χ3n) is 2.19. The van der Waals surface area contributed by atoms with Crippen LogP contribution >= 0.6 is 0 Å². The summed E-state index contributed by atoms with van der Waals surface area (Å²) in [5.41, 5.74) is -1.02. The molecular weight excluding hydrogens is 249 g/mol. The minimum absolute atomic E-state index is 0.225. The number of methoxy groups -OCH3 is 1. The standard InChI is InChI=1S/C10H8FNO6/c1-18-10(15)8(9(13)14)5-2-3-7(12(16)17)6(11)4-5/h2-4,8H,1H3,(H,13,14). The minimum atomic E-state index is -1.72. The Bertz CT molecular complexity index is 515. The molecule has 0 aromatic heterocycles. The lowest BCUT2D eigenvalue weighted by Crippen LogP contribution is -2.23. The molecule has 1 aromatic rings. The number of esters is 1. The van der Waals surface area contributed by atoms with E-state index in [0.717, 1.165) is 19.2 Å². The van der Waals surface area contributed by atoms with Gasteiger partial charge in [0.1, 0.15) is 0 Å². The van der Waals surface area contributed by atoms with E-state index >= 15 is 0 Å². The lowest BCUT2D eigenvalue weighted by molar-refractivity contribution is -0.387. The molecular formula is C10H8FNO6. The van der Waals surface area contributed by atoms with Crippen molar-refractivity contribution in [3.05, 3.63) is 39.7 Å². The first-order chi connectivity index (χ1) is 8.38. The summed E-state index contributed by atoms with van der Waals surface area (Å²) in [6.07, 6.45) is 0. The Morgan fingerprint density at radius 2 is 2.11 bits per heavy atom. The summed E-state index contributed by atoms with van der Waals surface area (Å²) in [5, 5.41) is 19.2. The van der Waals surface area contributed by atoms with Gasteiger partial charge in [-0.3, -0.25) is 19.7 Å². The van der Waals surface area contributed by atoms with E-state index in [1.54, 1.807) is 0 Å². The molecule has 1 N–H and O–H groups in total. The number of carboxylic acids is 1. The third-order valence-corrected chi connectivity index (χ3v) is 2.19. The predicted octanol–water partition coefficient (Wildman–Crippen LogP) is 1.08. The normalized spacial score (nSPS) is 11.7. The molecule has 0 aliphatic carbocycles. The first-order valence-corrected chi connectivity index (χ1v) is 4.63. The van der Waals surface area contributed by atoms with Gasteiger partial charge < -0.3 is 9.84 Å². The number of hydrogen-bond donors (Lipinski definition) is 1. The number of benzene rings is 1. The molecule has 0 amide bonds. The number of carbonyl (C=O) groups is 2. The van der Waals surface area contributed by atoms with Crippen molar-refractivity contribution >= 4 is 17.6 Å². The molecule has 1 aromatic carbocycles. The molecule has 0 aliphatic heterocycles. The van der Waals surface area contributed by atoms with Crippen LogP contribution < -0.4 is 0 Å². The largest absolute Gasteiger partial charge is 0.480 e. The fourth-order valence-electron chi connectivity index (χ4n) is 1.35. The van der Waals surface area contributed by atoms with Crippen molar-refractivity contribution in [2.45, 2.75) is 5.92 Å². The Labute approximate surface area is 99.9 Å². The van der Waals surface area contributed by atoms with E-state index in [1.807, 2.05) is 0 Å². The summed E-state index contributed by atoms with van der Waals surface area (Å²) in [6, 6.07) is 2.42. The lowest BCUT2D eigenvalue weighted by atomic mass is 9.99. The molecule has 0 fully saturated rings. The van der Waals surface area contributed by atoms with Crippen LogP contribution in [-0.4, -0.2) is 29.1 Å². The summed E-state index contributed by atoms with van der Waals surface area (Å²) < 4.78 is 17.6. The predicted molar refractivity (Wildman–Crippen MR) is 55.4 cm³/mol. The lowest BCUT2D eigenvalue weighted by Gasteiger charge is -2.10. The highest BCUT2D eigenvalue weighted by atomic mass is 19.1. The number of halogens is 1. The van der Waals surface area contributed by atoms with Gasteiger partial charge >= 0.3 is 17.6 Å². The third kappa shape index (κ3) is 2.59. The van der Waals surface area contributed by atoms with Gasteiger partial charge in [0, 0.05) is 6.07 Å².